The van der Waals surface area contributed by atoms with E-state index < -0.39 is 6.36 Å². The molecule has 6 rings (SSSR count). The van der Waals surface area contributed by atoms with Gasteiger partial charge in [0.15, 0.2) is 5.82 Å². The van der Waals surface area contributed by atoms with Crippen molar-refractivity contribution in [1.29, 1.82) is 0 Å². The van der Waals surface area contributed by atoms with Gasteiger partial charge < -0.3 is 19.3 Å². The highest BCUT2D eigenvalue weighted by atomic mass is 19.4. The molecular weight excluding hydrogens is 513 g/mol. The van der Waals surface area contributed by atoms with E-state index in [0.29, 0.717) is 50.0 Å². The average Bonchev–Trinajstić information content (AvgIpc) is 3.57. The number of aromatic nitrogens is 2. The number of nitrogens with zero attached hydrogens (tertiary/aromatic N) is 3. The van der Waals surface area contributed by atoms with Gasteiger partial charge in [-0.1, -0.05) is 29.4 Å². The Bertz CT molecular complexity index is 1400. The number of amides is 1. The van der Waals surface area contributed by atoms with Gasteiger partial charge >= 0.3 is 6.36 Å². The Hall–Kier alpha value is -3.44. The lowest BCUT2D eigenvalue weighted by Gasteiger charge is -2.49. The van der Waals surface area contributed by atoms with Gasteiger partial charge in [-0.15, -0.1) is 13.2 Å². The third kappa shape index (κ3) is 5.25. The fourth-order valence-corrected chi connectivity index (χ4v) is 5.61. The SMILES string of the molecule is Cc1noc(C2CC2C(=O)NCc2ccc(-c3cccc(OC(F)(F)F)c3)c3c2CN(C2(C)COC2)CC3)n1. The average molecular weight is 543 g/mol. The van der Waals surface area contributed by atoms with Gasteiger partial charge in [0.2, 0.25) is 11.8 Å². The monoisotopic (exact) mass is 542 g/mol. The van der Waals surface area contributed by atoms with Gasteiger partial charge in [-0.2, -0.15) is 4.98 Å². The summed E-state index contributed by atoms with van der Waals surface area (Å²) >= 11 is 0. The molecule has 8 nitrogen and oxygen atoms in total. The highest BCUT2D eigenvalue weighted by molar-refractivity contribution is 5.82. The maximum absolute atomic E-state index is 12.9. The fourth-order valence-electron chi connectivity index (χ4n) is 5.61. The summed E-state index contributed by atoms with van der Waals surface area (Å²) in [6.45, 7) is 7.06. The number of carbonyl (C=O) groups is 1. The first-order valence-corrected chi connectivity index (χ1v) is 13.0. The summed E-state index contributed by atoms with van der Waals surface area (Å²) in [6, 6.07) is 9.96. The quantitative estimate of drug-likeness (QED) is 0.470. The number of hydrogen-bond acceptors (Lipinski definition) is 7. The molecule has 1 saturated carbocycles. The van der Waals surface area contributed by atoms with Crippen molar-refractivity contribution in [2.75, 3.05) is 19.8 Å². The second-order valence-corrected chi connectivity index (χ2v) is 10.8. The normalized spacial score (nSPS) is 22.1. The second-order valence-electron chi connectivity index (χ2n) is 10.8. The largest absolute Gasteiger partial charge is 0.573 e. The van der Waals surface area contributed by atoms with Crippen LogP contribution in [0.4, 0.5) is 13.2 Å². The summed E-state index contributed by atoms with van der Waals surface area (Å²) in [4.78, 5) is 19.6. The number of carbonyl (C=O) groups excluding carboxylic acids is 1. The number of halogens is 3. The Balaban J connectivity index is 1.25. The number of alkyl halides is 3. The van der Waals surface area contributed by atoms with Crippen molar-refractivity contribution in [2.24, 2.45) is 5.92 Å². The first-order valence-electron chi connectivity index (χ1n) is 13.0. The van der Waals surface area contributed by atoms with Gasteiger partial charge in [0.1, 0.15) is 5.75 Å². The zero-order valence-electron chi connectivity index (χ0n) is 21.7. The lowest BCUT2D eigenvalue weighted by atomic mass is 9.85. The molecule has 0 spiro atoms. The highest BCUT2D eigenvalue weighted by Gasteiger charge is 2.47. The molecule has 1 aliphatic carbocycles. The van der Waals surface area contributed by atoms with Gasteiger partial charge in [0.25, 0.3) is 0 Å². The molecule has 0 bridgehead atoms. The summed E-state index contributed by atoms with van der Waals surface area (Å²) in [7, 11) is 0. The maximum Gasteiger partial charge on any atom is 0.573 e. The minimum atomic E-state index is -4.76. The molecule has 206 valence electrons. The van der Waals surface area contributed by atoms with Crippen LogP contribution in [0.2, 0.25) is 0 Å². The maximum atomic E-state index is 12.9. The van der Waals surface area contributed by atoms with Gasteiger partial charge in [0, 0.05) is 19.6 Å². The van der Waals surface area contributed by atoms with Crippen LogP contribution in [0.15, 0.2) is 40.9 Å². The van der Waals surface area contributed by atoms with E-state index in [4.69, 9.17) is 9.26 Å². The van der Waals surface area contributed by atoms with E-state index in [1.165, 1.54) is 12.1 Å². The van der Waals surface area contributed by atoms with Crippen LogP contribution in [-0.2, 0) is 29.0 Å². The molecule has 2 aromatic carbocycles. The molecule has 3 aliphatic rings. The molecule has 11 heteroatoms. The number of hydrogen-bond donors (Lipinski definition) is 1. The van der Waals surface area contributed by atoms with Gasteiger partial charge in [-0.25, -0.2) is 0 Å². The van der Waals surface area contributed by atoms with Crippen molar-refractivity contribution in [3.05, 3.63) is 64.8 Å². The number of rotatable bonds is 7. The van der Waals surface area contributed by atoms with Crippen LogP contribution in [0.3, 0.4) is 0 Å². The molecule has 1 saturated heterocycles. The lowest BCUT2D eigenvalue weighted by Crippen LogP contribution is -2.61. The summed E-state index contributed by atoms with van der Waals surface area (Å²) in [6.07, 6.45) is -3.36. The molecular formula is C28H29F3N4O4. The van der Waals surface area contributed by atoms with Crippen molar-refractivity contribution in [3.8, 4) is 16.9 Å². The van der Waals surface area contributed by atoms with Crippen LogP contribution >= 0.6 is 0 Å². The molecule has 2 aliphatic heterocycles. The predicted molar refractivity (Wildman–Crippen MR) is 134 cm³/mol. The molecule has 1 N–H and O–H groups in total. The molecule has 1 amide bonds. The molecule has 39 heavy (non-hydrogen) atoms. The van der Waals surface area contributed by atoms with E-state index in [1.807, 2.05) is 12.1 Å². The zero-order chi connectivity index (χ0) is 27.4. The van der Waals surface area contributed by atoms with Crippen LogP contribution in [-0.4, -0.2) is 52.6 Å². The molecule has 3 aromatic rings. The molecule has 2 atom stereocenters. The minimum absolute atomic E-state index is 0.0530. The van der Waals surface area contributed by atoms with Gasteiger partial charge in [0.05, 0.1) is 30.6 Å². The van der Waals surface area contributed by atoms with E-state index in [0.717, 1.165) is 35.2 Å². The Morgan fingerprint density at radius 2 is 2.05 bits per heavy atom. The van der Waals surface area contributed by atoms with Gasteiger partial charge in [-0.05, 0) is 66.6 Å². The van der Waals surface area contributed by atoms with Crippen LogP contribution in [0.1, 0.15) is 47.7 Å². The topological polar surface area (TPSA) is 89.7 Å². The van der Waals surface area contributed by atoms with Crippen LogP contribution in [0.25, 0.3) is 11.1 Å². The van der Waals surface area contributed by atoms with Crippen LogP contribution < -0.4 is 10.1 Å². The zero-order valence-corrected chi connectivity index (χ0v) is 21.7. The summed E-state index contributed by atoms with van der Waals surface area (Å²) in [5.74, 6) is 0.488. The Labute approximate surface area is 223 Å². The van der Waals surface area contributed by atoms with Crippen molar-refractivity contribution >= 4 is 5.91 Å². The highest BCUT2D eigenvalue weighted by Crippen LogP contribution is 2.47. The van der Waals surface area contributed by atoms with Crippen molar-refractivity contribution in [1.82, 2.24) is 20.4 Å². The van der Waals surface area contributed by atoms with E-state index in [2.05, 4.69) is 32.0 Å². The number of aryl methyl sites for hydroxylation is 1. The summed E-state index contributed by atoms with van der Waals surface area (Å²) in [5, 5.41) is 6.89. The van der Waals surface area contributed by atoms with E-state index >= 15 is 0 Å². The van der Waals surface area contributed by atoms with E-state index in [1.54, 1.807) is 19.1 Å². The Kier molecular flexibility index (Phi) is 6.38. The smallest absolute Gasteiger partial charge is 0.406 e. The van der Waals surface area contributed by atoms with E-state index in [-0.39, 0.29) is 29.0 Å². The van der Waals surface area contributed by atoms with Crippen LogP contribution in [0, 0.1) is 12.8 Å². The standard InChI is InChI=1S/C28H29F3N4O4/c1-16-33-26(39-34-16)23-11-22(23)25(36)32-12-18-6-7-20(17-4-3-5-19(10-17)38-28(29,30)31)21-8-9-35(13-24(18)21)27(2)14-37-15-27/h3-7,10,22-23H,8-9,11-15H2,1-2H3,(H,32,36). The summed E-state index contributed by atoms with van der Waals surface area (Å²) in [5.41, 5.74) is 4.63. The lowest BCUT2D eigenvalue weighted by molar-refractivity contribution is -0.274. The Morgan fingerprint density at radius 3 is 2.74 bits per heavy atom. The van der Waals surface area contributed by atoms with Gasteiger partial charge in [-0.3, -0.25) is 9.69 Å². The minimum Gasteiger partial charge on any atom is -0.406 e. The number of fused-ring (bicyclic) bond motifs is 1. The molecule has 1 aromatic heterocycles. The van der Waals surface area contributed by atoms with Crippen molar-refractivity contribution < 1.29 is 32.0 Å². The van der Waals surface area contributed by atoms with E-state index in [9.17, 15) is 18.0 Å². The predicted octanol–water partition coefficient (Wildman–Crippen LogP) is 4.51. The second kappa shape index (κ2) is 9.63. The number of nitrogens with one attached hydrogen (secondary N) is 1. The third-order valence-electron chi connectivity index (χ3n) is 7.92. The molecule has 0 radical (unpaired) electrons. The fraction of sp³-hybridized carbons (Fsp3) is 0.464. The molecule has 3 heterocycles. The van der Waals surface area contributed by atoms with Crippen molar-refractivity contribution in [3.63, 3.8) is 0 Å². The first-order chi connectivity index (χ1) is 18.6. The molecule has 2 unspecified atom stereocenters. The Morgan fingerprint density at radius 1 is 1.23 bits per heavy atom. The number of benzene rings is 2. The van der Waals surface area contributed by atoms with Crippen molar-refractivity contribution in [2.45, 2.75) is 57.6 Å². The third-order valence-corrected chi connectivity index (χ3v) is 7.92. The van der Waals surface area contributed by atoms with Crippen LogP contribution in [0.5, 0.6) is 5.75 Å². The first kappa shape index (κ1) is 25.8. The summed E-state index contributed by atoms with van der Waals surface area (Å²) < 4.78 is 53.4. The molecule has 2 fully saturated rings. The number of ether oxygens (including phenoxy) is 2.